The van der Waals surface area contributed by atoms with E-state index in [0.717, 1.165) is 13.0 Å². The van der Waals surface area contributed by atoms with Crippen LogP contribution in [-0.4, -0.2) is 54.0 Å². The predicted octanol–water partition coefficient (Wildman–Crippen LogP) is 0.941. The minimum atomic E-state index is -1.03. The van der Waals surface area contributed by atoms with E-state index in [1.807, 2.05) is 19.0 Å². The van der Waals surface area contributed by atoms with Gasteiger partial charge in [0.15, 0.2) is 0 Å². The van der Waals surface area contributed by atoms with Crippen molar-refractivity contribution in [3.05, 3.63) is 24.4 Å². The molecule has 0 atom stereocenters. The first-order valence-corrected chi connectivity index (χ1v) is 5.38. The van der Waals surface area contributed by atoms with E-state index >= 15 is 0 Å². The Bertz CT molecular complexity index is 322. The molecule has 0 aromatic carbocycles. The highest BCUT2D eigenvalue weighted by Crippen LogP contribution is 2.01. The Labute approximate surface area is 102 Å². The van der Waals surface area contributed by atoms with Crippen molar-refractivity contribution >= 4 is 11.9 Å². The molecule has 0 fully saturated rings. The van der Waals surface area contributed by atoms with Gasteiger partial charge in [0.2, 0.25) is 5.91 Å². The van der Waals surface area contributed by atoms with Gasteiger partial charge in [0, 0.05) is 12.7 Å². The van der Waals surface area contributed by atoms with Gasteiger partial charge in [-0.25, -0.2) is 4.79 Å². The maximum atomic E-state index is 11.5. The monoisotopic (exact) mass is 240 g/mol. The third-order valence-corrected chi connectivity index (χ3v) is 2.15. The first-order valence-electron chi connectivity index (χ1n) is 5.38. The maximum absolute atomic E-state index is 11.5. The molecule has 0 rings (SSSR count). The van der Waals surface area contributed by atoms with Crippen molar-refractivity contribution in [3.63, 3.8) is 0 Å². The van der Waals surface area contributed by atoms with Crippen LogP contribution >= 0.6 is 0 Å². The van der Waals surface area contributed by atoms with Gasteiger partial charge in [-0.05, 0) is 40.1 Å². The van der Waals surface area contributed by atoms with Crippen LogP contribution in [0.15, 0.2) is 24.4 Å². The van der Waals surface area contributed by atoms with Crippen LogP contribution < -0.4 is 0 Å². The Morgan fingerprint density at radius 1 is 1.29 bits per heavy atom. The number of aliphatic carboxylic acids is 1. The van der Waals surface area contributed by atoms with Crippen molar-refractivity contribution in [2.75, 3.05) is 27.2 Å². The molecule has 1 N–H and O–H groups in total. The molecule has 96 valence electrons. The van der Waals surface area contributed by atoms with E-state index in [4.69, 9.17) is 5.11 Å². The van der Waals surface area contributed by atoms with E-state index in [1.165, 1.54) is 24.1 Å². The normalized spacial score (nSPS) is 11.4. The van der Waals surface area contributed by atoms with Gasteiger partial charge in [0.1, 0.15) is 0 Å². The second-order valence-corrected chi connectivity index (χ2v) is 4.01. The highest BCUT2D eigenvalue weighted by atomic mass is 16.4. The summed E-state index contributed by atoms with van der Waals surface area (Å²) in [6.45, 7) is 6.17. The summed E-state index contributed by atoms with van der Waals surface area (Å²) in [7, 11) is 3.88. The van der Waals surface area contributed by atoms with E-state index in [0.29, 0.717) is 6.54 Å². The fraction of sp³-hybridized carbons (Fsp3) is 0.500. The van der Waals surface area contributed by atoms with Gasteiger partial charge in [-0.1, -0.05) is 6.58 Å². The van der Waals surface area contributed by atoms with Gasteiger partial charge < -0.3 is 14.9 Å². The van der Waals surface area contributed by atoms with E-state index < -0.39 is 5.97 Å². The SMILES string of the molecule is C=CC(=O)N(C=C(C)C(=O)O)CCCN(C)C. The molecular weight excluding hydrogens is 220 g/mol. The Morgan fingerprint density at radius 2 is 1.88 bits per heavy atom. The second-order valence-electron chi connectivity index (χ2n) is 4.01. The lowest BCUT2D eigenvalue weighted by molar-refractivity contribution is -0.132. The molecule has 0 aliphatic rings. The second kappa shape index (κ2) is 7.62. The number of hydrogen-bond acceptors (Lipinski definition) is 3. The van der Waals surface area contributed by atoms with Gasteiger partial charge >= 0.3 is 5.97 Å². The summed E-state index contributed by atoms with van der Waals surface area (Å²) in [5.41, 5.74) is 0.130. The zero-order valence-corrected chi connectivity index (χ0v) is 10.6. The van der Waals surface area contributed by atoms with Crippen LogP contribution in [0, 0.1) is 0 Å². The number of rotatable bonds is 7. The molecule has 0 aromatic rings. The van der Waals surface area contributed by atoms with Gasteiger partial charge in [-0.3, -0.25) is 4.79 Å². The molecule has 0 bridgehead atoms. The van der Waals surface area contributed by atoms with Crippen molar-refractivity contribution in [1.82, 2.24) is 9.80 Å². The molecule has 5 heteroatoms. The minimum Gasteiger partial charge on any atom is -0.478 e. The quantitative estimate of drug-likeness (QED) is 0.673. The van der Waals surface area contributed by atoms with Crippen LogP contribution in [-0.2, 0) is 9.59 Å². The Balaban J connectivity index is 4.55. The fourth-order valence-electron chi connectivity index (χ4n) is 1.20. The molecule has 17 heavy (non-hydrogen) atoms. The summed E-state index contributed by atoms with van der Waals surface area (Å²) < 4.78 is 0. The van der Waals surface area contributed by atoms with E-state index in [1.54, 1.807) is 0 Å². The van der Waals surface area contributed by atoms with Gasteiger partial charge in [-0.2, -0.15) is 0 Å². The number of carboxylic acid groups (broad SMARTS) is 1. The smallest absolute Gasteiger partial charge is 0.332 e. The Hall–Kier alpha value is -1.62. The fourth-order valence-corrected chi connectivity index (χ4v) is 1.20. The van der Waals surface area contributed by atoms with Crippen LogP contribution in [0.4, 0.5) is 0 Å². The molecule has 0 aliphatic carbocycles. The number of carboxylic acids is 1. The summed E-state index contributed by atoms with van der Waals surface area (Å²) in [5.74, 6) is -1.32. The van der Waals surface area contributed by atoms with Crippen LogP contribution in [0.1, 0.15) is 13.3 Å². The zero-order chi connectivity index (χ0) is 13.4. The molecule has 0 aromatic heterocycles. The molecule has 0 saturated carbocycles. The number of hydrogen-bond donors (Lipinski definition) is 1. The van der Waals surface area contributed by atoms with Crippen molar-refractivity contribution in [2.24, 2.45) is 0 Å². The average molecular weight is 240 g/mol. The van der Waals surface area contributed by atoms with Crippen molar-refractivity contribution < 1.29 is 14.7 Å². The van der Waals surface area contributed by atoms with Crippen LogP contribution in [0.25, 0.3) is 0 Å². The third-order valence-electron chi connectivity index (χ3n) is 2.15. The summed E-state index contributed by atoms with van der Waals surface area (Å²) >= 11 is 0. The molecule has 0 aliphatic heterocycles. The third kappa shape index (κ3) is 6.52. The lowest BCUT2D eigenvalue weighted by atomic mass is 10.3. The topological polar surface area (TPSA) is 60.9 Å². The van der Waals surface area contributed by atoms with E-state index in [-0.39, 0.29) is 11.5 Å². The van der Waals surface area contributed by atoms with Gasteiger partial charge in [0.25, 0.3) is 0 Å². The predicted molar refractivity (Wildman–Crippen MR) is 66.5 cm³/mol. The van der Waals surface area contributed by atoms with Crippen molar-refractivity contribution in [3.8, 4) is 0 Å². The first kappa shape index (κ1) is 15.4. The number of carbonyl (C=O) groups is 2. The highest BCUT2D eigenvalue weighted by Gasteiger charge is 2.10. The maximum Gasteiger partial charge on any atom is 0.332 e. The van der Waals surface area contributed by atoms with Crippen molar-refractivity contribution in [1.29, 1.82) is 0 Å². The summed E-state index contributed by atoms with van der Waals surface area (Å²) in [4.78, 5) is 25.6. The van der Waals surface area contributed by atoms with E-state index in [9.17, 15) is 9.59 Å². The molecule has 0 radical (unpaired) electrons. The first-order chi connectivity index (χ1) is 7.88. The van der Waals surface area contributed by atoms with Crippen LogP contribution in [0.3, 0.4) is 0 Å². The lowest BCUT2D eigenvalue weighted by Crippen LogP contribution is -2.28. The number of amides is 1. The van der Waals surface area contributed by atoms with Crippen molar-refractivity contribution in [2.45, 2.75) is 13.3 Å². The van der Waals surface area contributed by atoms with Crippen LogP contribution in [0.2, 0.25) is 0 Å². The summed E-state index contributed by atoms with van der Waals surface area (Å²) in [6.07, 6.45) is 3.30. The highest BCUT2D eigenvalue weighted by molar-refractivity contribution is 5.90. The molecule has 0 unspecified atom stereocenters. The molecule has 5 nitrogen and oxygen atoms in total. The molecule has 0 spiro atoms. The minimum absolute atomic E-state index is 0.130. The number of nitrogens with zero attached hydrogens (tertiary/aromatic N) is 2. The molecule has 1 amide bonds. The molecule has 0 saturated heterocycles. The average Bonchev–Trinajstić information content (AvgIpc) is 2.25. The number of carbonyl (C=O) groups excluding carboxylic acids is 1. The Kier molecular flexibility index (Phi) is 6.89. The standard InChI is InChI=1S/C12H20N2O3/c1-5-11(15)14(8-6-7-13(3)4)9-10(2)12(16)17/h5,9H,1,6-8H2,2-4H3,(H,16,17). The molecular formula is C12H20N2O3. The largest absolute Gasteiger partial charge is 0.478 e. The zero-order valence-electron chi connectivity index (χ0n) is 10.6. The van der Waals surface area contributed by atoms with E-state index in [2.05, 4.69) is 6.58 Å². The summed E-state index contributed by atoms with van der Waals surface area (Å²) in [6, 6.07) is 0. The van der Waals surface area contributed by atoms with Gasteiger partial charge in [0.05, 0.1) is 5.57 Å². The Morgan fingerprint density at radius 3 is 2.29 bits per heavy atom. The lowest BCUT2D eigenvalue weighted by Gasteiger charge is -2.18. The molecule has 0 heterocycles. The van der Waals surface area contributed by atoms with Gasteiger partial charge in [-0.15, -0.1) is 0 Å². The summed E-state index contributed by atoms with van der Waals surface area (Å²) in [5, 5.41) is 8.76. The van der Waals surface area contributed by atoms with Crippen LogP contribution in [0.5, 0.6) is 0 Å².